The summed E-state index contributed by atoms with van der Waals surface area (Å²) in [5.74, 6) is -1.80. The van der Waals surface area contributed by atoms with Gasteiger partial charge < -0.3 is 9.84 Å². The third kappa shape index (κ3) is 1.10. The number of hydrogen-bond acceptors (Lipinski definition) is 3. The van der Waals surface area contributed by atoms with Gasteiger partial charge in [-0.3, -0.25) is 0 Å². The van der Waals surface area contributed by atoms with E-state index >= 15 is 0 Å². The number of cyclic esters (lactones) is 1. The largest absolute Gasteiger partial charge is 0.426 e. The van der Waals surface area contributed by atoms with E-state index in [9.17, 15) is 4.79 Å². The SMILES string of the molecule is CC[C@]1(O)C=CC(=O)O1. The summed E-state index contributed by atoms with van der Waals surface area (Å²) in [6.07, 6.45) is 2.98. The molecule has 3 nitrogen and oxygen atoms in total. The molecule has 0 aliphatic carbocycles. The van der Waals surface area contributed by atoms with Crippen molar-refractivity contribution in [1.29, 1.82) is 0 Å². The maximum absolute atomic E-state index is 10.3. The zero-order valence-electron chi connectivity index (χ0n) is 5.13. The van der Waals surface area contributed by atoms with Crippen LogP contribution in [0, 0.1) is 0 Å². The molecule has 50 valence electrons. The number of carbonyl (C=O) groups excluding carboxylic acids is 1. The Hall–Kier alpha value is -0.830. The summed E-state index contributed by atoms with van der Waals surface area (Å²) in [5.41, 5.74) is 0. The second kappa shape index (κ2) is 1.84. The van der Waals surface area contributed by atoms with E-state index in [2.05, 4.69) is 4.74 Å². The molecule has 1 aliphatic rings. The van der Waals surface area contributed by atoms with Gasteiger partial charge in [-0.15, -0.1) is 0 Å². The molecule has 1 rings (SSSR count). The number of rotatable bonds is 1. The molecule has 1 atom stereocenters. The fraction of sp³-hybridized carbons (Fsp3) is 0.500. The number of esters is 1. The number of ether oxygens (including phenoxy) is 1. The van der Waals surface area contributed by atoms with Crippen molar-refractivity contribution in [2.75, 3.05) is 0 Å². The third-order valence-electron chi connectivity index (χ3n) is 1.26. The van der Waals surface area contributed by atoms with Crippen LogP contribution in [0.15, 0.2) is 12.2 Å². The van der Waals surface area contributed by atoms with Crippen molar-refractivity contribution in [3.05, 3.63) is 12.2 Å². The molecular formula is C6H8O3. The lowest BCUT2D eigenvalue weighted by molar-refractivity contribution is -0.178. The fourth-order valence-corrected chi connectivity index (χ4v) is 0.631. The first-order valence-corrected chi connectivity index (χ1v) is 2.81. The van der Waals surface area contributed by atoms with E-state index in [-0.39, 0.29) is 0 Å². The normalized spacial score (nSPS) is 32.9. The zero-order valence-corrected chi connectivity index (χ0v) is 5.13. The molecule has 0 aromatic heterocycles. The number of carbonyl (C=O) groups is 1. The van der Waals surface area contributed by atoms with Crippen molar-refractivity contribution >= 4 is 5.97 Å². The molecule has 0 aromatic carbocycles. The van der Waals surface area contributed by atoms with Crippen LogP contribution in [-0.4, -0.2) is 16.9 Å². The smallest absolute Gasteiger partial charge is 0.333 e. The minimum absolute atomic E-state index is 0.398. The van der Waals surface area contributed by atoms with Gasteiger partial charge in [0.25, 0.3) is 0 Å². The monoisotopic (exact) mass is 128 g/mol. The van der Waals surface area contributed by atoms with Crippen LogP contribution in [0.5, 0.6) is 0 Å². The summed E-state index contributed by atoms with van der Waals surface area (Å²) in [5, 5.41) is 9.14. The number of aliphatic hydroxyl groups is 1. The van der Waals surface area contributed by atoms with Gasteiger partial charge in [0.15, 0.2) is 0 Å². The lowest BCUT2D eigenvalue weighted by Crippen LogP contribution is -2.25. The summed E-state index contributed by atoms with van der Waals surface area (Å²) in [4.78, 5) is 10.3. The minimum Gasteiger partial charge on any atom is -0.426 e. The summed E-state index contributed by atoms with van der Waals surface area (Å²) in [7, 11) is 0. The molecule has 0 spiro atoms. The Balaban J connectivity index is 2.68. The van der Waals surface area contributed by atoms with Crippen molar-refractivity contribution in [3.63, 3.8) is 0 Å². The predicted molar refractivity (Wildman–Crippen MR) is 30.5 cm³/mol. The van der Waals surface area contributed by atoms with Gasteiger partial charge in [0.2, 0.25) is 5.79 Å². The Morgan fingerprint density at radius 3 is 2.78 bits per heavy atom. The molecule has 3 heteroatoms. The Bertz CT molecular complexity index is 162. The van der Waals surface area contributed by atoms with Gasteiger partial charge in [-0.2, -0.15) is 0 Å². The van der Waals surface area contributed by atoms with Crippen LogP contribution in [0.2, 0.25) is 0 Å². The molecule has 0 unspecified atom stereocenters. The van der Waals surface area contributed by atoms with Crippen LogP contribution in [0.25, 0.3) is 0 Å². The summed E-state index contributed by atoms with van der Waals surface area (Å²) >= 11 is 0. The average molecular weight is 128 g/mol. The maximum Gasteiger partial charge on any atom is 0.333 e. The first-order valence-electron chi connectivity index (χ1n) is 2.81. The average Bonchev–Trinajstić information content (AvgIpc) is 2.13. The first-order chi connectivity index (χ1) is 4.16. The van der Waals surface area contributed by atoms with E-state index in [1.54, 1.807) is 6.92 Å². The third-order valence-corrected chi connectivity index (χ3v) is 1.26. The van der Waals surface area contributed by atoms with Gasteiger partial charge in [0.1, 0.15) is 0 Å². The predicted octanol–water partition coefficient (Wildman–Crippen LogP) is 0.198. The Morgan fingerprint density at radius 1 is 1.89 bits per heavy atom. The highest BCUT2D eigenvalue weighted by molar-refractivity contribution is 5.84. The lowest BCUT2D eigenvalue weighted by atomic mass is 10.2. The summed E-state index contributed by atoms with van der Waals surface area (Å²) in [6.45, 7) is 1.74. The molecule has 0 bridgehead atoms. The molecule has 0 amide bonds. The lowest BCUT2D eigenvalue weighted by Gasteiger charge is -2.16. The summed E-state index contributed by atoms with van der Waals surface area (Å²) < 4.78 is 4.50. The second-order valence-electron chi connectivity index (χ2n) is 1.95. The van der Waals surface area contributed by atoms with Crippen LogP contribution in [-0.2, 0) is 9.53 Å². The van der Waals surface area contributed by atoms with Crippen molar-refractivity contribution < 1.29 is 14.6 Å². The molecular weight excluding hydrogens is 120 g/mol. The Kier molecular flexibility index (Phi) is 1.29. The quantitative estimate of drug-likeness (QED) is 0.513. The van der Waals surface area contributed by atoms with E-state index in [0.29, 0.717) is 6.42 Å². The summed E-state index contributed by atoms with van der Waals surface area (Å²) in [6, 6.07) is 0. The van der Waals surface area contributed by atoms with E-state index in [0.717, 1.165) is 0 Å². The van der Waals surface area contributed by atoms with Gasteiger partial charge in [-0.1, -0.05) is 6.92 Å². The fourth-order valence-electron chi connectivity index (χ4n) is 0.631. The highest BCUT2D eigenvalue weighted by Gasteiger charge is 2.30. The van der Waals surface area contributed by atoms with Crippen LogP contribution < -0.4 is 0 Å². The molecule has 0 radical (unpaired) electrons. The molecule has 0 saturated carbocycles. The molecule has 1 heterocycles. The minimum atomic E-state index is -1.32. The molecule has 0 saturated heterocycles. The van der Waals surface area contributed by atoms with Crippen molar-refractivity contribution in [1.82, 2.24) is 0 Å². The zero-order chi connectivity index (χ0) is 6.91. The van der Waals surface area contributed by atoms with E-state index < -0.39 is 11.8 Å². The van der Waals surface area contributed by atoms with E-state index in [1.165, 1.54) is 12.2 Å². The van der Waals surface area contributed by atoms with Gasteiger partial charge in [0, 0.05) is 12.5 Å². The topological polar surface area (TPSA) is 46.5 Å². The van der Waals surface area contributed by atoms with Crippen LogP contribution >= 0.6 is 0 Å². The van der Waals surface area contributed by atoms with Gasteiger partial charge in [0.05, 0.1) is 0 Å². The highest BCUT2D eigenvalue weighted by Crippen LogP contribution is 2.19. The maximum atomic E-state index is 10.3. The van der Waals surface area contributed by atoms with Crippen LogP contribution in [0.1, 0.15) is 13.3 Å². The molecule has 1 aliphatic heterocycles. The Morgan fingerprint density at radius 2 is 2.56 bits per heavy atom. The van der Waals surface area contributed by atoms with Crippen molar-refractivity contribution in [3.8, 4) is 0 Å². The van der Waals surface area contributed by atoms with Gasteiger partial charge in [-0.05, 0) is 6.08 Å². The van der Waals surface area contributed by atoms with E-state index in [1.807, 2.05) is 0 Å². The van der Waals surface area contributed by atoms with E-state index in [4.69, 9.17) is 5.11 Å². The van der Waals surface area contributed by atoms with Crippen LogP contribution in [0.4, 0.5) is 0 Å². The molecule has 1 N–H and O–H groups in total. The highest BCUT2D eigenvalue weighted by atomic mass is 16.7. The van der Waals surface area contributed by atoms with Gasteiger partial charge >= 0.3 is 5.97 Å². The molecule has 0 fully saturated rings. The van der Waals surface area contributed by atoms with Gasteiger partial charge in [-0.25, -0.2) is 4.79 Å². The van der Waals surface area contributed by atoms with Crippen molar-refractivity contribution in [2.45, 2.75) is 19.1 Å². The van der Waals surface area contributed by atoms with Crippen LogP contribution in [0.3, 0.4) is 0 Å². The first kappa shape index (κ1) is 6.29. The molecule has 0 aromatic rings. The Labute approximate surface area is 52.9 Å². The second-order valence-corrected chi connectivity index (χ2v) is 1.95. The van der Waals surface area contributed by atoms with Crippen molar-refractivity contribution in [2.24, 2.45) is 0 Å². The standard InChI is InChI=1S/C6H8O3/c1-2-6(8)4-3-5(7)9-6/h3-4,8H,2H2,1H3/t6-/m1/s1. The number of hydrogen-bond donors (Lipinski definition) is 1. The molecule has 9 heavy (non-hydrogen) atoms.